The lowest BCUT2D eigenvalue weighted by molar-refractivity contribution is 0.0902. The SMILES string of the molecule is Cl.O=C(NCCOCC1CC1)c1cn(C2CCNCC2)nn1. The molecular weight excluding hydrogens is 306 g/mol. The van der Waals surface area contributed by atoms with Gasteiger partial charge in [0.2, 0.25) is 0 Å². The molecule has 8 heteroatoms. The number of carbonyl (C=O) groups is 1. The molecule has 0 spiro atoms. The molecule has 3 rings (SSSR count). The van der Waals surface area contributed by atoms with E-state index in [1.54, 1.807) is 6.20 Å². The molecule has 2 fully saturated rings. The minimum atomic E-state index is -0.176. The number of carbonyl (C=O) groups excluding carboxylic acids is 1. The average molecular weight is 330 g/mol. The van der Waals surface area contributed by atoms with E-state index in [0.717, 1.165) is 38.5 Å². The summed E-state index contributed by atoms with van der Waals surface area (Å²) in [6, 6.07) is 0.349. The fourth-order valence-corrected chi connectivity index (χ4v) is 2.49. The molecule has 0 radical (unpaired) electrons. The van der Waals surface area contributed by atoms with Gasteiger partial charge in [-0.1, -0.05) is 5.21 Å². The second-order valence-corrected chi connectivity index (χ2v) is 5.84. The van der Waals surface area contributed by atoms with E-state index < -0.39 is 0 Å². The van der Waals surface area contributed by atoms with Crippen molar-refractivity contribution in [2.45, 2.75) is 31.7 Å². The first-order valence-corrected chi connectivity index (χ1v) is 7.81. The molecule has 1 aromatic rings. The summed E-state index contributed by atoms with van der Waals surface area (Å²) in [5.74, 6) is 0.579. The minimum absolute atomic E-state index is 0. The highest BCUT2D eigenvalue weighted by Crippen LogP contribution is 2.28. The van der Waals surface area contributed by atoms with Crippen LogP contribution in [0.25, 0.3) is 0 Å². The Bertz CT molecular complexity index is 472. The number of amides is 1. The first kappa shape index (κ1) is 17.2. The Labute approximate surface area is 136 Å². The van der Waals surface area contributed by atoms with Crippen LogP contribution in [0, 0.1) is 5.92 Å². The normalized spacial score (nSPS) is 18.7. The summed E-state index contributed by atoms with van der Waals surface area (Å²) >= 11 is 0. The molecule has 2 N–H and O–H groups in total. The molecule has 1 aromatic heterocycles. The van der Waals surface area contributed by atoms with Gasteiger partial charge in [-0.15, -0.1) is 17.5 Å². The average Bonchev–Trinajstić information content (AvgIpc) is 3.21. The molecule has 0 aromatic carbocycles. The summed E-state index contributed by atoms with van der Waals surface area (Å²) in [7, 11) is 0. The predicted octanol–water partition coefficient (Wildman–Crippen LogP) is 0.781. The van der Waals surface area contributed by atoms with E-state index in [2.05, 4.69) is 20.9 Å². The van der Waals surface area contributed by atoms with E-state index in [-0.39, 0.29) is 18.3 Å². The predicted molar refractivity (Wildman–Crippen MR) is 84.3 cm³/mol. The summed E-state index contributed by atoms with van der Waals surface area (Å²) in [5, 5.41) is 14.2. The van der Waals surface area contributed by atoms with Gasteiger partial charge in [0.15, 0.2) is 5.69 Å². The van der Waals surface area contributed by atoms with E-state index in [1.807, 2.05) is 4.68 Å². The van der Waals surface area contributed by atoms with Gasteiger partial charge in [-0.2, -0.15) is 0 Å². The molecule has 124 valence electrons. The molecule has 7 nitrogen and oxygen atoms in total. The van der Waals surface area contributed by atoms with Crippen molar-refractivity contribution >= 4 is 18.3 Å². The first-order valence-electron chi connectivity index (χ1n) is 7.81. The van der Waals surface area contributed by atoms with Gasteiger partial charge in [-0.3, -0.25) is 4.79 Å². The van der Waals surface area contributed by atoms with Gasteiger partial charge in [0.1, 0.15) is 0 Å². The Morgan fingerprint density at radius 2 is 2.14 bits per heavy atom. The topological polar surface area (TPSA) is 81.1 Å². The monoisotopic (exact) mass is 329 g/mol. The first-order chi connectivity index (χ1) is 10.3. The quantitative estimate of drug-likeness (QED) is 0.723. The highest BCUT2D eigenvalue weighted by atomic mass is 35.5. The maximum atomic E-state index is 12.0. The van der Waals surface area contributed by atoms with Gasteiger partial charge in [-0.25, -0.2) is 4.68 Å². The van der Waals surface area contributed by atoms with Crippen LogP contribution in [0.1, 0.15) is 42.2 Å². The summed E-state index contributed by atoms with van der Waals surface area (Å²) in [4.78, 5) is 12.0. The van der Waals surface area contributed by atoms with Gasteiger partial charge in [0.05, 0.1) is 18.8 Å². The molecule has 1 saturated carbocycles. The van der Waals surface area contributed by atoms with Crippen molar-refractivity contribution < 1.29 is 9.53 Å². The van der Waals surface area contributed by atoms with Gasteiger partial charge < -0.3 is 15.4 Å². The second-order valence-electron chi connectivity index (χ2n) is 5.84. The Hall–Kier alpha value is -1.18. The summed E-state index contributed by atoms with van der Waals surface area (Å²) in [6.45, 7) is 3.88. The minimum Gasteiger partial charge on any atom is -0.379 e. The van der Waals surface area contributed by atoms with Crippen molar-refractivity contribution in [3.05, 3.63) is 11.9 Å². The van der Waals surface area contributed by atoms with Crippen molar-refractivity contribution in [1.82, 2.24) is 25.6 Å². The number of hydrogen-bond acceptors (Lipinski definition) is 5. The number of nitrogens with zero attached hydrogens (tertiary/aromatic N) is 3. The van der Waals surface area contributed by atoms with Crippen molar-refractivity contribution in [2.24, 2.45) is 5.92 Å². The van der Waals surface area contributed by atoms with Crippen molar-refractivity contribution in [3.63, 3.8) is 0 Å². The summed E-state index contributed by atoms with van der Waals surface area (Å²) < 4.78 is 7.30. The van der Waals surface area contributed by atoms with Crippen LogP contribution >= 0.6 is 12.4 Å². The molecule has 1 saturated heterocycles. The fraction of sp³-hybridized carbons (Fsp3) is 0.786. The smallest absolute Gasteiger partial charge is 0.273 e. The molecule has 0 atom stereocenters. The Morgan fingerprint density at radius 1 is 1.36 bits per heavy atom. The summed E-state index contributed by atoms with van der Waals surface area (Å²) in [5.41, 5.74) is 0.385. The number of hydrogen-bond donors (Lipinski definition) is 2. The van der Waals surface area contributed by atoms with Crippen molar-refractivity contribution in [3.8, 4) is 0 Å². The molecule has 1 aliphatic heterocycles. The lowest BCUT2D eigenvalue weighted by atomic mass is 10.1. The lowest BCUT2D eigenvalue weighted by Crippen LogP contribution is -2.29. The molecular formula is C14H24ClN5O2. The van der Waals surface area contributed by atoms with Crippen LogP contribution in [0.5, 0.6) is 0 Å². The molecule has 1 amide bonds. The zero-order valence-corrected chi connectivity index (χ0v) is 13.5. The number of ether oxygens (including phenoxy) is 1. The standard InChI is InChI=1S/C14H23N5O2.ClH/c20-14(16-7-8-21-10-11-1-2-11)13-9-19(18-17-13)12-3-5-15-6-4-12;/h9,11-12,15H,1-8,10H2,(H,16,20);1H. The summed E-state index contributed by atoms with van der Waals surface area (Å²) in [6.07, 6.45) is 6.37. The Balaban J connectivity index is 0.00000176. The highest BCUT2D eigenvalue weighted by Gasteiger charge is 2.21. The van der Waals surface area contributed by atoms with Crippen molar-refractivity contribution in [2.75, 3.05) is 32.8 Å². The zero-order valence-electron chi connectivity index (χ0n) is 12.7. The van der Waals surface area contributed by atoms with Gasteiger partial charge in [0.25, 0.3) is 5.91 Å². The molecule has 0 bridgehead atoms. The van der Waals surface area contributed by atoms with Crippen LogP contribution in [0.3, 0.4) is 0 Å². The van der Waals surface area contributed by atoms with Crippen LogP contribution < -0.4 is 10.6 Å². The van der Waals surface area contributed by atoms with Crippen LogP contribution in [-0.2, 0) is 4.74 Å². The number of nitrogens with one attached hydrogen (secondary N) is 2. The Kier molecular flexibility index (Phi) is 6.60. The number of aromatic nitrogens is 3. The maximum absolute atomic E-state index is 12.0. The molecule has 22 heavy (non-hydrogen) atoms. The third kappa shape index (κ3) is 4.93. The van der Waals surface area contributed by atoms with E-state index >= 15 is 0 Å². The second kappa shape index (κ2) is 8.45. The van der Waals surface area contributed by atoms with Crippen LogP contribution in [0.15, 0.2) is 6.20 Å². The molecule has 2 aliphatic rings. The highest BCUT2D eigenvalue weighted by molar-refractivity contribution is 5.91. The van der Waals surface area contributed by atoms with E-state index in [4.69, 9.17) is 4.74 Å². The van der Waals surface area contributed by atoms with Gasteiger partial charge in [0, 0.05) is 13.2 Å². The van der Waals surface area contributed by atoms with Gasteiger partial charge >= 0.3 is 0 Å². The number of halogens is 1. The van der Waals surface area contributed by atoms with Crippen LogP contribution in [0.2, 0.25) is 0 Å². The fourth-order valence-electron chi connectivity index (χ4n) is 2.49. The third-order valence-corrected chi connectivity index (χ3v) is 4.01. The van der Waals surface area contributed by atoms with Crippen molar-refractivity contribution in [1.29, 1.82) is 0 Å². The molecule has 0 unspecified atom stereocenters. The largest absolute Gasteiger partial charge is 0.379 e. The third-order valence-electron chi connectivity index (χ3n) is 4.01. The maximum Gasteiger partial charge on any atom is 0.273 e. The molecule has 2 heterocycles. The van der Waals surface area contributed by atoms with E-state index in [9.17, 15) is 4.79 Å². The number of rotatable bonds is 7. The van der Waals surface area contributed by atoms with Gasteiger partial charge in [-0.05, 0) is 44.7 Å². The Morgan fingerprint density at radius 3 is 2.86 bits per heavy atom. The lowest BCUT2D eigenvalue weighted by Gasteiger charge is -2.22. The van der Waals surface area contributed by atoms with Crippen LogP contribution in [0.4, 0.5) is 0 Å². The van der Waals surface area contributed by atoms with E-state index in [0.29, 0.717) is 24.9 Å². The zero-order chi connectivity index (χ0) is 14.5. The van der Waals surface area contributed by atoms with Crippen LogP contribution in [-0.4, -0.2) is 53.7 Å². The molecule has 1 aliphatic carbocycles. The van der Waals surface area contributed by atoms with E-state index in [1.165, 1.54) is 12.8 Å². The number of piperidine rings is 1.